The molecule has 0 unspecified atom stereocenters. The third-order valence-electron chi connectivity index (χ3n) is 1.12. The van der Waals surface area contributed by atoms with Crippen LogP contribution in [0, 0.1) is 0 Å². The summed E-state index contributed by atoms with van der Waals surface area (Å²) in [5.74, 6) is 0.984. The monoisotopic (exact) mass is 160 g/mol. The second-order valence-corrected chi connectivity index (χ2v) is 2.50. The molecule has 0 aromatic carbocycles. The highest BCUT2D eigenvalue weighted by Crippen LogP contribution is 2.42. The van der Waals surface area contributed by atoms with Gasteiger partial charge in [-0.15, -0.1) is 0 Å². The normalized spacial score (nSPS) is 9.40. The van der Waals surface area contributed by atoms with E-state index < -0.39 is 0 Å². The molecule has 0 aliphatic carbocycles. The Labute approximate surface area is 62.8 Å². The Hall–Kier alpha value is -0.900. The highest BCUT2D eigenvalue weighted by Gasteiger charge is 2.10. The summed E-state index contributed by atoms with van der Waals surface area (Å²) in [6.45, 7) is 0. The van der Waals surface area contributed by atoms with E-state index in [9.17, 15) is 0 Å². The second kappa shape index (κ2) is 2.79. The number of rotatable bonds is 2. The first-order valence-corrected chi connectivity index (χ1v) is 3.56. The van der Waals surface area contributed by atoms with Crippen LogP contribution in [0.5, 0.6) is 16.6 Å². The van der Waals surface area contributed by atoms with Gasteiger partial charge in [0.2, 0.25) is 10.8 Å². The molecule has 10 heavy (non-hydrogen) atoms. The molecule has 0 saturated heterocycles. The third kappa shape index (κ3) is 1.02. The SMILES string of the molecule is COc1csc(O)c1OC. The molecule has 0 aliphatic heterocycles. The molecule has 0 spiro atoms. The molecule has 1 N–H and O–H groups in total. The Bertz CT molecular complexity index is 219. The first kappa shape index (κ1) is 7.21. The molecular weight excluding hydrogens is 152 g/mol. The molecule has 4 heteroatoms. The molecular formula is C6H8O3S. The van der Waals surface area contributed by atoms with Crippen molar-refractivity contribution < 1.29 is 14.6 Å². The van der Waals surface area contributed by atoms with Gasteiger partial charge in [0, 0.05) is 5.38 Å². The fraction of sp³-hybridized carbons (Fsp3) is 0.333. The van der Waals surface area contributed by atoms with E-state index in [1.54, 1.807) is 5.38 Å². The van der Waals surface area contributed by atoms with Crippen molar-refractivity contribution in [1.29, 1.82) is 0 Å². The van der Waals surface area contributed by atoms with Gasteiger partial charge in [0.05, 0.1) is 14.2 Å². The maximum Gasteiger partial charge on any atom is 0.218 e. The second-order valence-electron chi connectivity index (χ2n) is 1.64. The minimum atomic E-state index is 0.152. The molecule has 56 valence electrons. The van der Waals surface area contributed by atoms with Crippen molar-refractivity contribution in [3.63, 3.8) is 0 Å². The van der Waals surface area contributed by atoms with Gasteiger partial charge >= 0.3 is 0 Å². The summed E-state index contributed by atoms with van der Waals surface area (Å²) in [6.07, 6.45) is 0. The summed E-state index contributed by atoms with van der Waals surface area (Å²) in [5, 5.41) is 10.9. The highest BCUT2D eigenvalue weighted by molar-refractivity contribution is 7.12. The first-order valence-electron chi connectivity index (χ1n) is 2.68. The quantitative estimate of drug-likeness (QED) is 0.712. The van der Waals surface area contributed by atoms with Crippen molar-refractivity contribution in [3.8, 4) is 16.6 Å². The van der Waals surface area contributed by atoms with E-state index in [0.29, 0.717) is 11.5 Å². The molecule has 0 aliphatic rings. The van der Waals surface area contributed by atoms with Crippen molar-refractivity contribution in [3.05, 3.63) is 5.38 Å². The average molecular weight is 160 g/mol. The zero-order chi connectivity index (χ0) is 7.56. The van der Waals surface area contributed by atoms with Gasteiger partial charge in [0.15, 0.2) is 5.75 Å². The summed E-state index contributed by atoms with van der Waals surface area (Å²) >= 11 is 1.19. The number of ether oxygens (including phenoxy) is 2. The van der Waals surface area contributed by atoms with Crippen LogP contribution in [0.3, 0.4) is 0 Å². The Morgan fingerprint density at radius 1 is 1.40 bits per heavy atom. The van der Waals surface area contributed by atoms with Crippen LogP contribution in [0.2, 0.25) is 0 Å². The number of aromatic hydroxyl groups is 1. The Kier molecular flexibility index (Phi) is 2.01. The molecule has 0 amide bonds. The molecule has 3 nitrogen and oxygen atoms in total. The molecule has 0 bridgehead atoms. The van der Waals surface area contributed by atoms with Gasteiger partial charge in [-0.05, 0) is 0 Å². The summed E-state index contributed by atoms with van der Waals surface area (Å²) in [5.41, 5.74) is 0. The van der Waals surface area contributed by atoms with Gasteiger partial charge < -0.3 is 14.6 Å². The lowest BCUT2D eigenvalue weighted by molar-refractivity contribution is 0.340. The van der Waals surface area contributed by atoms with Crippen LogP contribution in [0.4, 0.5) is 0 Å². The first-order chi connectivity index (χ1) is 4.79. The Balaban J connectivity index is 3.01. The molecule has 0 radical (unpaired) electrons. The number of thiophene rings is 1. The van der Waals surface area contributed by atoms with Gasteiger partial charge in [0.1, 0.15) is 0 Å². The van der Waals surface area contributed by atoms with E-state index in [1.807, 2.05) is 0 Å². The summed E-state index contributed by atoms with van der Waals surface area (Å²) in [4.78, 5) is 0. The van der Waals surface area contributed by atoms with Crippen molar-refractivity contribution in [1.82, 2.24) is 0 Å². The van der Waals surface area contributed by atoms with Crippen molar-refractivity contribution >= 4 is 11.3 Å². The van der Waals surface area contributed by atoms with E-state index in [4.69, 9.17) is 14.6 Å². The fourth-order valence-corrected chi connectivity index (χ4v) is 1.36. The maximum atomic E-state index is 9.08. The maximum absolute atomic E-state index is 9.08. The lowest BCUT2D eigenvalue weighted by Crippen LogP contribution is -1.85. The number of methoxy groups -OCH3 is 2. The molecule has 1 heterocycles. The van der Waals surface area contributed by atoms with Crippen molar-refractivity contribution in [2.75, 3.05) is 14.2 Å². The summed E-state index contributed by atoms with van der Waals surface area (Å²) in [7, 11) is 3.02. The predicted molar refractivity (Wildman–Crippen MR) is 39.1 cm³/mol. The summed E-state index contributed by atoms with van der Waals surface area (Å²) < 4.78 is 9.72. The number of hydrogen-bond donors (Lipinski definition) is 1. The Morgan fingerprint density at radius 3 is 2.50 bits per heavy atom. The van der Waals surface area contributed by atoms with Crippen LogP contribution in [0.25, 0.3) is 0 Å². The van der Waals surface area contributed by atoms with Gasteiger partial charge in [-0.3, -0.25) is 0 Å². The van der Waals surface area contributed by atoms with Crippen molar-refractivity contribution in [2.45, 2.75) is 0 Å². The van der Waals surface area contributed by atoms with Crippen LogP contribution in [0.15, 0.2) is 5.38 Å². The third-order valence-corrected chi connectivity index (χ3v) is 1.86. The standard InChI is InChI=1S/C6H8O3S/c1-8-4-3-10-6(7)5(4)9-2/h3,7H,1-2H3. The van der Waals surface area contributed by atoms with Crippen LogP contribution < -0.4 is 9.47 Å². The minimum absolute atomic E-state index is 0.152. The predicted octanol–water partition coefficient (Wildman–Crippen LogP) is 1.47. The van der Waals surface area contributed by atoms with Gasteiger partial charge in [-0.2, -0.15) is 0 Å². The molecule has 1 aromatic heterocycles. The van der Waals surface area contributed by atoms with Gasteiger partial charge in [-0.1, -0.05) is 11.3 Å². The topological polar surface area (TPSA) is 38.7 Å². The van der Waals surface area contributed by atoms with Crippen LogP contribution in [0.1, 0.15) is 0 Å². The van der Waals surface area contributed by atoms with Gasteiger partial charge in [-0.25, -0.2) is 0 Å². The van der Waals surface area contributed by atoms with E-state index in [0.717, 1.165) is 0 Å². The van der Waals surface area contributed by atoms with Gasteiger partial charge in [0.25, 0.3) is 0 Å². The largest absolute Gasteiger partial charge is 0.497 e. The molecule has 0 fully saturated rings. The fourth-order valence-electron chi connectivity index (χ4n) is 0.650. The molecule has 1 rings (SSSR count). The smallest absolute Gasteiger partial charge is 0.218 e. The molecule has 1 aromatic rings. The zero-order valence-corrected chi connectivity index (χ0v) is 6.57. The number of hydrogen-bond acceptors (Lipinski definition) is 4. The average Bonchev–Trinajstić information content (AvgIpc) is 2.30. The summed E-state index contributed by atoms with van der Waals surface area (Å²) in [6, 6.07) is 0. The van der Waals surface area contributed by atoms with Crippen molar-refractivity contribution in [2.24, 2.45) is 0 Å². The van der Waals surface area contributed by atoms with Crippen LogP contribution >= 0.6 is 11.3 Å². The lowest BCUT2D eigenvalue weighted by Gasteiger charge is -1.99. The minimum Gasteiger partial charge on any atom is -0.497 e. The van der Waals surface area contributed by atoms with Crippen LogP contribution in [-0.2, 0) is 0 Å². The Morgan fingerprint density at radius 2 is 2.10 bits per heavy atom. The van der Waals surface area contributed by atoms with Crippen LogP contribution in [-0.4, -0.2) is 19.3 Å². The molecule has 0 saturated carbocycles. The van der Waals surface area contributed by atoms with E-state index in [2.05, 4.69) is 0 Å². The van der Waals surface area contributed by atoms with E-state index in [-0.39, 0.29) is 5.06 Å². The zero-order valence-electron chi connectivity index (χ0n) is 5.75. The highest BCUT2D eigenvalue weighted by atomic mass is 32.1. The van der Waals surface area contributed by atoms with E-state index >= 15 is 0 Å². The van der Waals surface area contributed by atoms with E-state index in [1.165, 1.54) is 25.6 Å². The lowest BCUT2D eigenvalue weighted by atomic mass is 10.5. The molecule has 0 atom stereocenters.